The lowest BCUT2D eigenvalue weighted by molar-refractivity contribution is -0.0521. The highest BCUT2D eigenvalue weighted by Crippen LogP contribution is 2.33. The lowest BCUT2D eigenvalue weighted by Gasteiger charge is -2.17. The molecule has 3 rings (SSSR count). The molecule has 0 aromatic carbocycles. The van der Waals surface area contributed by atoms with Crippen molar-refractivity contribution >= 4 is 27.1 Å². The van der Waals surface area contributed by atoms with Crippen LogP contribution < -0.4 is 5.49 Å². The molecule has 0 radical (unpaired) electrons. The quantitative estimate of drug-likeness (QED) is 0.316. The molecule has 0 amide bonds. The lowest BCUT2D eigenvalue weighted by Crippen LogP contribution is -2.33. The normalized spacial score (nSPS) is 29.3. The van der Waals surface area contributed by atoms with Gasteiger partial charge in [0.05, 0.1) is 6.61 Å². The molecule has 5 N–H and O–H groups in total. The summed E-state index contributed by atoms with van der Waals surface area (Å²) < 4.78 is 7.47. The van der Waals surface area contributed by atoms with Gasteiger partial charge in [-0.1, -0.05) is 0 Å². The van der Waals surface area contributed by atoms with Gasteiger partial charge in [-0.25, -0.2) is 9.97 Å². The minimum atomic E-state index is -1.30. The average molecular weight is 362 g/mol. The van der Waals surface area contributed by atoms with Crippen molar-refractivity contribution in [3.05, 3.63) is 16.5 Å². The molecule has 1 aliphatic heterocycles. The fourth-order valence-corrected chi connectivity index (χ4v) is 2.82. The van der Waals surface area contributed by atoms with Gasteiger partial charge in [0.15, 0.2) is 27.6 Å². The van der Waals surface area contributed by atoms with Crippen LogP contribution in [-0.2, 0) is 4.74 Å². The van der Waals surface area contributed by atoms with Crippen molar-refractivity contribution in [1.82, 2.24) is 19.3 Å². The highest BCUT2D eigenvalue weighted by Gasteiger charge is 2.44. The molecule has 0 saturated carbocycles. The molecule has 4 atom stereocenters. The Balaban J connectivity index is 2.16. The number of nitrogens with one attached hydrogen (secondary N) is 1. The Hall–Kier alpha value is -1.53. The predicted octanol–water partition coefficient (Wildman–Crippen LogP) is -1.68. The highest BCUT2D eigenvalue weighted by molar-refractivity contribution is 9.10. The number of ether oxygens (including phenoxy) is 1. The first-order chi connectivity index (χ1) is 9.95. The molecule has 0 spiro atoms. The number of hydrogen-bond acceptors (Lipinski definition) is 8. The summed E-state index contributed by atoms with van der Waals surface area (Å²) in [6.45, 7) is -0.452. The molecule has 0 bridgehead atoms. The largest absolute Gasteiger partial charge is 0.425 e. The summed E-state index contributed by atoms with van der Waals surface area (Å²) in [7, 11) is 0. The third kappa shape index (κ3) is 2.05. The smallest absolute Gasteiger partial charge is 0.192 e. The maximum Gasteiger partial charge on any atom is 0.192 e. The van der Waals surface area contributed by atoms with Gasteiger partial charge in [-0.2, -0.15) is 4.73 Å². The molecule has 1 saturated heterocycles. The number of imidazole rings is 1. The highest BCUT2D eigenvalue weighted by atomic mass is 79.9. The summed E-state index contributed by atoms with van der Waals surface area (Å²) in [6.07, 6.45) is -3.51. The second-order valence-electron chi connectivity index (χ2n) is 4.59. The van der Waals surface area contributed by atoms with Crippen LogP contribution in [0.2, 0.25) is 0 Å². The summed E-state index contributed by atoms with van der Waals surface area (Å²) in [5.74, 6) is 0. The third-order valence-electron chi connectivity index (χ3n) is 3.36. The van der Waals surface area contributed by atoms with E-state index in [0.29, 0.717) is 4.73 Å². The first-order valence-electron chi connectivity index (χ1n) is 5.97. The fourth-order valence-electron chi connectivity index (χ4n) is 2.27. The number of aliphatic hydroxyl groups excluding tert-OH is 3. The first-order valence-corrected chi connectivity index (χ1v) is 6.76. The summed E-state index contributed by atoms with van der Waals surface area (Å²) in [5, 5.41) is 46.1. The monoisotopic (exact) mass is 361 g/mol. The van der Waals surface area contributed by atoms with E-state index in [-0.39, 0.29) is 21.4 Å². The minimum Gasteiger partial charge on any atom is -0.425 e. The standard InChI is InChI=1S/C10H12BrN5O5/c11-10-14-4-7(12)15(20)2-13-8(4)16(10)9-6(19)5(18)3(1-17)21-9/h2-3,5-6,9,12,17-20H,1H2/t3-,5-,6-,9-/m1/s1. The number of halogens is 1. The number of rotatable bonds is 2. The van der Waals surface area contributed by atoms with Gasteiger partial charge in [-0.3, -0.25) is 9.98 Å². The van der Waals surface area contributed by atoms with Crippen molar-refractivity contribution in [2.45, 2.75) is 24.5 Å². The molecular weight excluding hydrogens is 350 g/mol. The Labute approximate surface area is 125 Å². The molecule has 11 heteroatoms. The molecule has 3 heterocycles. The van der Waals surface area contributed by atoms with Crippen LogP contribution in [-0.4, -0.2) is 64.7 Å². The van der Waals surface area contributed by atoms with Crippen molar-refractivity contribution in [3.63, 3.8) is 0 Å². The van der Waals surface area contributed by atoms with E-state index >= 15 is 0 Å². The maximum atomic E-state index is 10.1. The second kappa shape index (κ2) is 5.03. The molecule has 1 aliphatic rings. The van der Waals surface area contributed by atoms with Gasteiger partial charge in [0.1, 0.15) is 24.6 Å². The Bertz CT molecular complexity index is 745. The Morgan fingerprint density at radius 2 is 2.10 bits per heavy atom. The zero-order valence-electron chi connectivity index (χ0n) is 10.5. The van der Waals surface area contributed by atoms with Crippen LogP contribution in [0.1, 0.15) is 6.23 Å². The molecule has 0 unspecified atom stereocenters. The predicted molar refractivity (Wildman–Crippen MR) is 69.3 cm³/mol. The van der Waals surface area contributed by atoms with E-state index in [4.69, 9.17) is 15.3 Å². The molecule has 10 nitrogen and oxygen atoms in total. The van der Waals surface area contributed by atoms with E-state index in [0.717, 1.165) is 6.33 Å². The van der Waals surface area contributed by atoms with Crippen molar-refractivity contribution in [2.75, 3.05) is 6.61 Å². The van der Waals surface area contributed by atoms with E-state index < -0.39 is 31.1 Å². The van der Waals surface area contributed by atoms with Crippen molar-refractivity contribution < 1.29 is 25.3 Å². The van der Waals surface area contributed by atoms with Gasteiger partial charge in [0.2, 0.25) is 0 Å². The van der Waals surface area contributed by atoms with Crippen LogP contribution in [0.3, 0.4) is 0 Å². The van der Waals surface area contributed by atoms with Crippen molar-refractivity contribution in [1.29, 1.82) is 5.41 Å². The molecular formula is C10H12BrN5O5. The first kappa shape index (κ1) is 14.4. The summed E-state index contributed by atoms with van der Waals surface area (Å²) in [4.78, 5) is 7.99. The summed E-state index contributed by atoms with van der Waals surface area (Å²) in [6, 6.07) is 0. The SMILES string of the molecule is N=c1c2nc(Br)n([C@@H]3O[C@H](CO)[C@@H](O)[C@H]3O)c2ncn1O. The van der Waals surface area contributed by atoms with Gasteiger partial charge in [0.25, 0.3) is 0 Å². The van der Waals surface area contributed by atoms with Gasteiger partial charge in [-0.15, -0.1) is 0 Å². The van der Waals surface area contributed by atoms with Crippen molar-refractivity contribution in [2.24, 2.45) is 0 Å². The van der Waals surface area contributed by atoms with Crippen molar-refractivity contribution in [3.8, 4) is 0 Å². The molecule has 1 fully saturated rings. The molecule has 2 aromatic heterocycles. The zero-order valence-corrected chi connectivity index (χ0v) is 12.0. The van der Waals surface area contributed by atoms with E-state index in [2.05, 4.69) is 25.9 Å². The Kier molecular flexibility index (Phi) is 3.45. The summed E-state index contributed by atoms with van der Waals surface area (Å²) in [5.41, 5.74) is -0.0113. The van der Waals surface area contributed by atoms with E-state index in [1.807, 2.05) is 0 Å². The number of aromatic nitrogens is 4. The van der Waals surface area contributed by atoms with Crippen LogP contribution in [0.5, 0.6) is 0 Å². The fraction of sp³-hybridized carbons (Fsp3) is 0.500. The van der Waals surface area contributed by atoms with Crippen LogP contribution >= 0.6 is 15.9 Å². The van der Waals surface area contributed by atoms with Gasteiger partial charge in [-0.05, 0) is 15.9 Å². The number of aliphatic hydroxyl groups is 3. The van der Waals surface area contributed by atoms with Crippen LogP contribution in [0.4, 0.5) is 0 Å². The average Bonchev–Trinajstić information content (AvgIpc) is 2.93. The topological polar surface area (TPSA) is 150 Å². The van der Waals surface area contributed by atoms with Crippen LogP contribution in [0.15, 0.2) is 11.1 Å². The molecule has 0 aliphatic carbocycles. The zero-order chi connectivity index (χ0) is 15.3. The minimum absolute atomic E-state index is 0.0876. The summed E-state index contributed by atoms with van der Waals surface area (Å²) >= 11 is 3.17. The number of hydrogen-bond donors (Lipinski definition) is 5. The second-order valence-corrected chi connectivity index (χ2v) is 5.30. The molecule has 2 aromatic rings. The van der Waals surface area contributed by atoms with E-state index in [9.17, 15) is 15.4 Å². The lowest BCUT2D eigenvalue weighted by atomic mass is 10.1. The van der Waals surface area contributed by atoms with Crippen LogP contribution in [0, 0.1) is 5.41 Å². The number of fused-ring (bicyclic) bond motifs is 1. The molecule has 21 heavy (non-hydrogen) atoms. The van der Waals surface area contributed by atoms with E-state index in [1.54, 1.807) is 0 Å². The van der Waals surface area contributed by atoms with Gasteiger partial charge in [0, 0.05) is 0 Å². The number of nitrogens with zero attached hydrogens (tertiary/aromatic N) is 4. The maximum absolute atomic E-state index is 10.1. The molecule has 114 valence electrons. The third-order valence-corrected chi connectivity index (χ3v) is 3.92. The Morgan fingerprint density at radius 1 is 1.38 bits per heavy atom. The van der Waals surface area contributed by atoms with Gasteiger partial charge >= 0.3 is 0 Å². The van der Waals surface area contributed by atoms with Crippen LogP contribution in [0.25, 0.3) is 11.2 Å². The van der Waals surface area contributed by atoms with E-state index in [1.165, 1.54) is 4.57 Å². The van der Waals surface area contributed by atoms with Gasteiger partial charge < -0.3 is 25.3 Å². The Morgan fingerprint density at radius 3 is 2.71 bits per heavy atom.